The lowest BCUT2D eigenvalue weighted by Gasteiger charge is -2.31. The van der Waals surface area contributed by atoms with Crippen molar-refractivity contribution in [2.24, 2.45) is 0 Å². The van der Waals surface area contributed by atoms with Gasteiger partial charge in [-0.05, 0) is 24.9 Å². The summed E-state index contributed by atoms with van der Waals surface area (Å²) in [5, 5.41) is 4.06. The van der Waals surface area contributed by atoms with E-state index in [4.69, 9.17) is 9.26 Å². The van der Waals surface area contributed by atoms with E-state index in [1.165, 1.54) is 5.56 Å². The second-order valence-electron chi connectivity index (χ2n) is 7.01. The lowest BCUT2D eigenvalue weighted by molar-refractivity contribution is 0.151. The van der Waals surface area contributed by atoms with Gasteiger partial charge in [0.25, 0.3) is 5.89 Å². The van der Waals surface area contributed by atoms with Crippen molar-refractivity contribution in [1.82, 2.24) is 24.6 Å². The van der Waals surface area contributed by atoms with Gasteiger partial charge in [-0.1, -0.05) is 35.5 Å². The third-order valence-corrected chi connectivity index (χ3v) is 4.96. The summed E-state index contributed by atoms with van der Waals surface area (Å²) in [6, 6.07) is 10.5. The van der Waals surface area contributed by atoms with Gasteiger partial charge in [0.1, 0.15) is 12.4 Å². The topological polar surface area (TPSA) is 69.2 Å². The first kappa shape index (κ1) is 17.9. The molecule has 2 aromatic heterocycles. The molecular weight excluding hydrogens is 342 g/mol. The maximum atomic E-state index is 5.20. The van der Waals surface area contributed by atoms with Gasteiger partial charge >= 0.3 is 0 Å². The Morgan fingerprint density at radius 1 is 1.22 bits per heavy atom. The SMILES string of the molecule is COCc1nc(CN2CCC[C@@H](c3nccn3Cc3ccccc3)C2)no1. The summed E-state index contributed by atoms with van der Waals surface area (Å²) in [5.74, 6) is 2.83. The third kappa shape index (κ3) is 4.43. The fourth-order valence-corrected chi connectivity index (χ4v) is 3.74. The highest BCUT2D eigenvalue weighted by Crippen LogP contribution is 2.27. The van der Waals surface area contributed by atoms with E-state index < -0.39 is 0 Å². The van der Waals surface area contributed by atoms with E-state index in [9.17, 15) is 0 Å². The number of nitrogens with zero attached hydrogens (tertiary/aromatic N) is 5. The minimum Gasteiger partial charge on any atom is -0.375 e. The average molecular weight is 367 g/mol. The summed E-state index contributed by atoms with van der Waals surface area (Å²) in [7, 11) is 1.62. The molecule has 0 bridgehead atoms. The van der Waals surface area contributed by atoms with E-state index in [0.717, 1.165) is 44.1 Å². The summed E-state index contributed by atoms with van der Waals surface area (Å²) >= 11 is 0. The highest BCUT2D eigenvalue weighted by atomic mass is 16.5. The van der Waals surface area contributed by atoms with Gasteiger partial charge in [0.15, 0.2) is 5.82 Å². The minimum absolute atomic E-state index is 0.354. The van der Waals surface area contributed by atoms with Gasteiger partial charge in [0.05, 0.1) is 6.54 Å². The molecule has 1 aliphatic rings. The monoisotopic (exact) mass is 367 g/mol. The van der Waals surface area contributed by atoms with Crippen LogP contribution in [-0.2, 0) is 24.4 Å². The molecule has 0 spiro atoms. The van der Waals surface area contributed by atoms with Gasteiger partial charge in [0.2, 0.25) is 0 Å². The van der Waals surface area contributed by atoms with Crippen LogP contribution in [0.2, 0.25) is 0 Å². The quantitative estimate of drug-likeness (QED) is 0.640. The molecule has 3 heterocycles. The van der Waals surface area contributed by atoms with Crippen LogP contribution in [-0.4, -0.2) is 44.8 Å². The Labute approximate surface area is 159 Å². The molecule has 0 unspecified atom stereocenters. The Morgan fingerprint density at radius 2 is 2.11 bits per heavy atom. The lowest BCUT2D eigenvalue weighted by Crippen LogP contribution is -2.35. The number of piperidine rings is 1. The van der Waals surface area contributed by atoms with Gasteiger partial charge < -0.3 is 13.8 Å². The molecule has 0 amide bonds. The highest BCUT2D eigenvalue weighted by Gasteiger charge is 2.25. The molecule has 1 aliphatic heterocycles. The fraction of sp³-hybridized carbons (Fsp3) is 0.450. The maximum Gasteiger partial charge on any atom is 0.252 e. The minimum atomic E-state index is 0.354. The molecule has 4 rings (SSSR count). The zero-order valence-electron chi connectivity index (χ0n) is 15.6. The smallest absolute Gasteiger partial charge is 0.252 e. The Bertz CT molecular complexity index is 845. The summed E-state index contributed by atoms with van der Waals surface area (Å²) < 4.78 is 12.5. The maximum absolute atomic E-state index is 5.20. The van der Waals surface area contributed by atoms with Crippen molar-refractivity contribution in [2.75, 3.05) is 20.2 Å². The summed E-state index contributed by atoms with van der Waals surface area (Å²) in [4.78, 5) is 11.5. The number of hydrogen-bond donors (Lipinski definition) is 0. The Morgan fingerprint density at radius 3 is 2.96 bits per heavy atom. The number of rotatable bonds is 7. The van der Waals surface area contributed by atoms with Gasteiger partial charge in [-0.2, -0.15) is 4.98 Å². The first-order chi connectivity index (χ1) is 13.3. The number of benzene rings is 1. The zero-order chi connectivity index (χ0) is 18.5. The van der Waals surface area contributed by atoms with Gasteiger partial charge in [-0.15, -0.1) is 0 Å². The zero-order valence-corrected chi connectivity index (χ0v) is 15.6. The van der Waals surface area contributed by atoms with Crippen LogP contribution in [0, 0.1) is 0 Å². The van der Waals surface area contributed by atoms with E-state index in [1.807, 2.05) is 12.3 Å². The number of methoxy groups -OCH3 is 1. The molecule has 1 fully saturated rings. The lowest BCUT2D eigenvalue weighted by atomic mass is 9.97. The standard InChI is InChI=1S/C20H25N5O2/c1-26-15-19-22-18(23-27-19)14-24-10-5-8-17(13-24)20-21-9-11-25(20)12-16-6-3-2-4-7-16/h2-4,6-7,9,11,17H,5,8,10,12-15H2,1H3/t17-/m1/s1. The number of imidazole rings is 1. The Kier molecular flexibility index (Phi) is 5.60. The van der Waals surface area contributed by atoms with Crippen molar-refractivity contribution in [3.8, 4) is 0 Å². The largest absolute Gasteiger partial charge is 0.375 e. The van der Waals surface area contributed by atoms with E-state index in [1.54, 1.807) is 7.11 Å². The third-order valence-electron chi connectivity index (χ3n) is 4.96. The van der Waals surface area contributed by atoms with E-state index in [2.05, 4.69) is 55.1 Å². The number of hydrogen-bond acceptors (Lipinski definition) is 6. The second-order valence-corrected chi connectivity index (χ2v) is 7.01. The van der Waals surface area contributed by atoms with E-state index in [0.29, 0.717) is 25.0 Å². The van der Waals surface area contributed by atoms with Crippen LogP contribution in [0.1, 0.15) is 41.9 Å². The summed E-state index contributed by atoms with van der Waals surface area (Å²) in [6.45, 7) is 3.91. The first-order valence-corrected chi connectivity index (χ1v) is 9.39. The van der Waals surface area contributed by atoms with Gasteiger partial charge in [0, 0.05) is 38.5 Å². The molecule has 1 saturated heterocycles. The van der Waals surface area contributed by atoms with E-state index >= 15 is 0 Å². The number of aromatic nitrogens is 4. The van der Waals surface area contributed by atoms with Crippen molar-refractivity contribution in [1.29, 1.82) is 0 Å². The van der Waals surface area contributed by atoms with Crippen molar-refractivity contribution in [3.63, 3.8) is 0 Å². The van der Waals surface area contributed by atoms with Crippen molar-refractivity contribution in [2.45, 2.75) is 38.5 Å². The van der Waals surface area contributed by atoms with Crippen LogP contribution in [0.4, 0.5) is 0 Å². The van der Waals surface area contributed by atoms with E-state index in [-0.39, 0.29) is 0 Å². The molecule has 7 heteroatoms. The van der Waals surface area contributed by atoms with Crippen LogP contribution in [0.15, 0.2) is 47.2 Å². The van der Waals surface area contributed by atoms with Crippen molar-refractivity contribution >= 4 is 0 Å². The molecular formula is C20H25N5O2. The normalized spacial score (nSPS) is 18.0. The fourth-order valence-electron chi connectivity index (χ4n) is 3.74. The van der Waals surface area contributed by atoms with Crippen molar-refractivity contribution < 1.29 is 9.26 Å². The van der Waals surface area contributed by atoms with Crippen LogP contribution >= 0.6 is 0 Å². The van der Waals surface area contributed by atoms with Crippen LogP contribution in [0.5, 0.6) is 0 Å². The molecule has 3 aromatic rings. The van der Waals surface area contributed by atoms with Gasteiger partial charge in [-0.3, -0.25) is 4.90 Å². The van der Waals surface area contributed by atoms with Crippen LogP contribution in [0.3, 0.4) is 0 Å². The Balaban J connectivity index is 1.42. The first-order valence-electron chi connectivity index (χ1n) is 9.39. The van der Waals surface area contributed by atoms with Crippen LogP contribution in [0.25, 0.3) is 0 Å². The molecule has 0 saturated carbocycles. The second kappa shape index (κ2) is 8.45. The predicted octanol–water partition coefficient (Wildman–Crippen LogP) is 2.84. The number of ether oxygens (including phenoxy) is 1. The average Bonchev–Trinajstić information content (AvgIpc) is 3.33. The summed E-state index contributed by atoms with van der Waals surface area (Å²) in [5.41, 5.74) is 1.29. The predicted molar refractivity (Wildman–Crippen MR) is 100 cm³/mol. The van der Waals surface area contributed by atoms with Crippen LogP contribution < -0.4 is 0 Å². The molecule has 1 atom stereocenters. The highest BCUT2D eigenvalue weighted by molar-refractivity contribution is 5.16. The molecule has 27 heavy (non-hydrogen) atoms. The molecule has 142 valence electrons. The molecule has 1 aromatic carbocycles. The van der Waals surface area contributed by atoms with Crippen molar-refractivity contribution in [3.05, 3.63) is 65.8 Å². The summed E-state index contributed by atoms with van der Waals surface area (Å²) in [6.07, 6.45) is 6.29. The number of likely N-dealkylation sites (tertiary alicyclic amines) is 1. The molecule has 0 N–H and O–H groups in total. The molecule has 0 aliphatic carbocycles. The molecule has 0 radical (unpaired) electrons. The molecule has 7 nitrogen and oxygen atoms in total. The Hall–Kier alpha value is -2.51. The van der Waals surface area contributed by atoms with Gasteiger partial charge in [-0.25, -0.2) is 4.98 Å².